The molecule has 0 aliphatic rings. The van der Waals surface area contributed by atoms with Crippen molar-refractivity contribution < 1.29 is 4.79 Å². The van der Waals surface area contributed by atoms with E-state index in [0.29, 0.717) is 23.6 Å². The molecule has 6 nitrogen and oxygen atoms in total. The third kappa shape index (κ3) is 3.39. The highest BCUT2D eigenvalue weighted by atomic mass is 16.1. The molecule has 1 rings (SSSR count). The van der Waals surface area contributed by atoms with Crippen molar-refractivity contribution >= 4 is 17.4 Å². The first-order valence-electron chi connectivity index (χ1n) is 4.94. The van der Waals surface area contributed by atoms with Crippen molar-refractivity contribution in [1.82, 2.24) is 9.88 Å². The van der Waals surface area contributed by atoms with E-state index in [1.165, 1.54) is 12.3 Å². The van der Waals surface area contributed by atoms with E-state index in [1.54, 1.807) is 0 Å². The van der Waals surface area contributed by atoms with Gasteiger partial charge in [0.2, 0.25) is 0 Å². The number of nitrogens with zero attached hydrogens (tertiary/aromatic N) is 2. The molecule has 0 saturated heterocycles. The van der Waals surface area contributed by atoms with Crippen molar-refractivity contribution in [2.45, 2.75) is 0 Å². The summed E-state index contributed by atoms with van der Waals surface area (Å²) in [5.41, 5.74) is 11.5. The Hall–Kier alpha value is -1.82. The van der Waals surface area contributed by atoms with Gasteiger partial charge in [-0.15, -0.1) is 0 Å². The van der Waals surface area contributed by atoms with E-state index in [9.17, 15) is 4.79 Å². The van der Waals surface area contributed by atoms with Crippen LogP contribution in [0.5, 0.6) is 0 Å². The molecule has 0 aromatic carbocycles. The minimum absolute atomic E-state index is 0.318. The van der Waals surface area contributed by atoms with E-state index in [2.05, 4.69) is 10.3 Å². The van der Waals surface area contributed by atoms with E-state index in [-0.39, 0.29) is 0 Å². The van der Waals surface area contributed by atoms with Crippen LogP contribution in [0.2, 0.25) is 0 Å². The Morgan fingerprint density at radius 3 is 2.81 bits per heavy atom. The number of nitrogen functional groups attached to an aromatic ring is 1. The molecule has 16 heavy (non-hydrogen) atoms. The Kier molecular flexibility index (Phi) is 4.07. The summed E-state index contributed by atoms with van der Waals surface area (Å²) in [6.07, 6.45) is 1.49. The number of carbonyl (C=O) groups is 1. The molecule has 0 aliphatic heterocycles. The molecule has 1 aromatic heterocycles. The van der Waals surface area contributed by atoms with Crippen LogP contribution >= 0.6 is 0 Å². The Bertz CT molecular complexity index is 377. The normalized spacial score (nSPS) is 10.4. The number of likely N-dealkylation sites (N-methyl/N-ethyl adjacent to an activating group) is 1. The lowest BCUT2D eigenvalue weighted by molar-refractivity contribution is 0.100. The minimum atomic E-state index is -0.535. The number of nitrogens with two attached hydrogens (primary N) is 2. The highest BCUT2D eigenvalue weighted by Gasteiger charge is 2.09. The predicted molar refractivity (Wildman–Crippen MR) is 64.2 cm³/mol. The van der Waals surface area contributed by atoms with Gasteiger partial charge in [0.15, 0.2) is 0 Å². The lowest BCUT2D eigenvalue weighted by Gasteiger charge is -2.12. The SMILES string of the molecule is CN(C)CCNc1ncc(N)cc1C(N)=O. The molecule has 6 heteroatoms. The Morgan fingerprint density at radius 2 is 2.25 bits per heavy atom. The molecule has 0 radical (unpaired) electrons. The molecule has 0 unspecified atom stereocenters. The van der Waals surface area contributed by atoms with Crippen LogP contribution in [0.4, 0.5) is 11.5 Å². The summed E-state index contributed by atoms with van der Waals surface area (Å²) < 4.78 is 0. The maximum Gasteiger partial charge on any atom is 0.252 e. The second-order valence-electron chi connectivity index (χ2n) is 3.76. The smallest absolute Gasteiger partial charge is 0.252 e. The topological polar surface area (TPSA) is 97.3 Å². The average molecular weight is 223 g/mol. The molecule has 0 fully saturated rings. The average Bonchev–Trinajstić information content (AvgIpc) is 2.19. The second-order valence-corrected chi connectivity index (χ2v) is 3.76. The number of hydrogen-bond donors (Lipinski definition) is 3. The summed E-state index contributed by atoms with van der Waals surface area (Å²) in [6, 6.07) is 1.52. The monoisotopic (exact) mass is 223 g/mol. The van der Waals surface area contributed by atoms with E-state index >= 15 is 0 Å². The first-order valence-corrected chi connectivity index (χ1v) is 4.94. The van der Waals surface area contributed by atoms with Crippen LogP contribution in [0.15, 0.2) is 12.3 Å². The van der Waals surface area contributed by atoms with Crippen molar-refractivity contribution in [2.75, 3.05) is 38.2 Å². The van der Waals surface area contributed by atoms with E-state index in [0.717, 1.165) is 6.54 Å². The standard InChI is InChI=1S/C10H17N5O/c1-15(2)4-3-13-10-8(9(12)16)5-7(11)6-14-10/h5-6H,3-4,11H2,1-2H3,(H2,12,16)(H,13,14). The highest BCUT2D eigenvalue weighted by molar-refractivity contribution is 5.98. The maximum atomic E-state index is 11.1. The van der Waals surface area contributed by atoms with Crippen molar-refractivity contribution in [3.8, 4) is 0 Å². The first kappa shape index (κ1) is 12.3. The molecule has 1 aromatic rings. The second kappa shape index (κ2) is 5.32. The van der Waals surface area contributed by atoms with Crippen LogP contribution in [0.25, 0.3) is 0 Å². The largest absolute Gasteiger partial charge is 0.397 e. The van der Waals surface area contributed by atoms with Crippen molar-refractivity contribution in [2.24, 2.45) is 5.73 Å². The van der Waals surface area contributed by atoms with Gasteiger partial charge >= 0.3 is 0 Å². The summed E-state index contributed by atoms with van der Waals surface area (Å²) in [6.45, 7) is 1.52. The third-order valence-electron chi connectivity index (χ3n) is 2.03. The van der Waals surface area contributed by atoms with E-state index in [4.69, 9.17) is 11.5 Å². The van der Waals surface area contributed by atoms with E-state index in [1.807, 2.05) is 19.0 Å². The number of aromatic nitrogens is 1. The lowest BCUT2D eigenvalue weighted by atomic mass is 10.2. The molecule has 0 spiro atoms. The van der Waals surface area contributed by atoms with Gasteiger partial charge in [-0.05, 0) is 20.2 Å². The maximum absolute atomic E-state index is 11.1. The minimum Gasteiger partial charge on any atom is -0.397 e. The zero-order valence-electron chi connectivity index (χ0n) is 9.53. The van der Waals surface area contributed by atoms with Gasteiger partial charge in [-0.3, -0.25) is 4.79 Å². The number of primary amides is 1. The number of rotatable bonds is 5. The quantitative estimate of drug-likeness (QED) is 0.638. The molecule has 88 valence electrons. The van der Waals surface area contributed by atoms with Gasteiger partial charge in [-0.1, -0.05) is 0 Å². The van der Waals surface area contributed by atoms with E-state index < -0.39 is 5.91 Å². The van der Waals surface area contributed by atoms with Gasteiger partial charge in [0.05, 0.1) is 17.4 Å². The summed E-state index contributed by atoms with van der Waals surface area (Å²) in [7, 11) is 3.93. The van der Waals surface area contributed by atoms with Gasteiger partial charge in [-0.25, -0.2) is 4.98 Å². The van der Waals surface area contributed by atoms with Gasteiger partial charge in [0.25, 0.3) is 5.91 Å². The van der Waals surface area contributed by atoms with Crippen LogP contribution < -0.4 is 16.8 Å². The lowest BCUT2D eigenvalue weighted by Crippen LogP contribution is -2.23. The summed E-state index contributed by atoms with van der Waals surface area (Å²) >= 11 is 0. The summed E-state index contributed by atoms with van der Waals surface area (Å²) in [5.74, 6) is -0.0595. The number of carbonyl (C=O) groups excluding carboxylic acids is 1. The molecule has 0 bridgehead atoms. The summed E-state index contributed by atoms with van der Waals surface area (Å²) in [5, 5.41) is 3.04. The highest BCUT2D eigenvalue weighted by Crippen LogP contribution is 2.14. The van der Waals surface area contributed by atoms with Gasteiger partial charge in [0.1, 0.15) is 5.82 Å². The van der Waals surface area contributed by atoms with Crippen LogP contribution in [0.3, 0.4) is 0 Å². The number of nitrogens with one attached hydrogen (secondary N) is 1. The fourth-order valence-corrected chi connectivity index (χ4v) is 1.21. The number of hydrogen-bond acceptors (Lipinski definition) is 5. The molecule has 5 N–H and O–H groups in total. The number of pyridine rings is 1. The zero-order valence-corrected chi connectivity index (χ0v) is 9.53. The fourth-order valence-electron chi connectivity index (χ4n) is 1.21. The van der Waals surface area contributed by atoms with Gasteiger partial charge < -0.3 is 21.7 Å². The first-order chi connectivity index (χ1) is 7.50. The fraction of sp³-hybridized carbons (Fsp3) is 0.400. The molecule has 0 saturated carbocycles. The van der Waals surface area contributed by atoms with Crippen molar-refractivity contribution in [3.05, 3.63) is 17.8 Å². The van der Waals surface area contributed by atoms with Gasteiger partial charge in [0, 0.05) is 13.1 Å². The Labute approximate surface area is 94.6 Å². The summed E-state index contributed by atoms with van der Waals surface area (Å²) in [4.78, 5) is 17.2. The van der Waals surface area contributed by atoms with Crippen LogP contribution in [0.1, 0.15) is 10.4 Å². The van der Waals surface area contributed by atoms with Gasteiger partial charge in [-0.2, -0.15) is 0 Å². The third-order valence-corrected chi connectivity index (χ3v) is 2.03. The molecular formula is C10H17N5O. The van der Waals surface area contributed by atoms with Crippen LogP contribution in [-0.4, -0.2) is 43.0 Å². The molecule has 1 heterocycles. The molecule has 0 aliphatic carbocycles. The Morgan fingerprint density at radius 1 is 1.56 bits per heavy atom. The zero-order chi connectivity index (χ0) is 12.1. The number of anilines is 2. The molecule has 1 amide bonds. The van der Waals surface area contributed by atoms with Crippen LogP contribution in [0, 0.1) is 0 Å². The van der Waals surface area contributed by atoms with Crippen molar-refractivity contribution in [1.29, 1.82) is 0 Å². The predicted octanol–water partition coefficient (Wildman–Crippen LogP) is -0.264. The van der Waals surface area contributed by atoms with Crippen LogP contribution in [-0.2, 0) is 0 Å². The molecule has 0 atom stereocenters. The number of amides is 1. The molecular weight excluding hydrogens is 206 g/mol. The van der Waals surface area contributed by atoms with Crippen molar-refractivity contribution in [3.63, 3.8) is 0 Å². The Balaban J connectivity index is 2.75.